The SMILES string of the molecule is C[n+]1ccc2ccccc2c1-c1ccco1. The molecule has 2 nitrogen and oxygen atoms in total. The van der Waals surface area contributed by atoms with Crippen molar-refractivity contribution in [1.29, 1.82) is 0 Å². The highest BCUT2D eigenvalue weighted by Crippen LogP contribution is 2.24. The first-order chi connectivity index (χ1) is 7.86. The summed E-state index contributed by atoms with van der Waals surface area (Å²) in [5, 5.41) is 2.44. The predicted octanol–water partition coefficient (Wildman–Crippen LogP) is 2.92. The van der Waals surface area contributed by atoms with Crippen LogP contribution in [0.5, 0.6) is 0 Å². The summed E-state index contributed by atoms with van der Waals surface area (Å²) in [5.74, 6) is 0.902. The molecule has 0 amide bonds. The zero-order valence-corrected chi connectivity index (χ0v) is 9.05. The normalized spacial score (nSPS) is 10.8. The highest BCUT2D eigenvalue weighted by atomic mass is 16.3. The van der Waals surface area contributed by atoms with Crippen molar-refractivity contribution in [1.82, 2.24) is 0 Å². The fraction of sp³-hybridized carbons (Fsp3) is 0.0714. The standard InChI is InChI=1S/C14H12NO/c1-15-9-8-11-5-2-3-6-12(11)14(15)13-7-4-10-16-13/h2-10H,1H3/q+1. The lowest BCUT2D eigenvalue weighted by Gasteiger charge is -2.01. The minimum absolute atomic E-state index is 0.902. The maximum absolute atomic E-state index is 5.49. The Morgan fingerprint density at radius 3 is 2.69 bits per heavy atom. The number of fused-ring (bicyclic) bond motifs is 1. The van der Waals surface area contributed by atoms with Crippen LogP contribution in [0, 0.1) is 0 Å². The van der Waals surface area contributed by atoms with E-state index < -0.39 is 0 Å². The van der Waals surface area contributed by atoms with E-state index in [1.807, 2.05) is 25.2 Å². The lowest BCUT2D eigenvalue weighted by molar-refractivity contribution is -0.659. The van der Waals surface area contributed by atoms with E-state index in [2.05, 4.69) is 35.0 Å². The van der Waals surface area contributed by atoms with Gasteiger partial charge in [0.1, 0.15) is 7.05 Å². The number of benzene rings is 1. The van der Waals surface area contributed by atoms with Crippen LogP contribution in [0.25, 0.3) is 22.2 Å². The molecule has 3 aromatic rings. The maximum atomic E-state index is 5.49. The second-order valence-corrected chi connectivity index (χ2v) is 3.84. The largest absolute Gasteiger partial charge is 0.458 e. The molecule has 0 radical (unpaired) electrons. The van der Waals surface area contributed by atoms with E-state index in [1.54, 1.807) is 6.26 Å². The molecule has 2 heterocycles. The lowest BCUT2D eigenvalue weighted by Crippen LogP contribution is -2.30. The van der Waals surface area contributed by atoms with Gasteiger partial charge in [0, 0.05) is 6.07 Å². The summed E-state index contributed by atoms with van der Waals surface area (Å²) in [5.41, 5.74) is 1.11. The molecule has 0 aliphatic carbocycles. The van der Waals surface area contributed by atoms with Gasteiger partial charge in [0.05, 0.1) is 11.6 Å². The summed E-state index contributed by atoms with van der Waals surface area (Å²) in [6.07, 6.45) is 3.76. The summed E-state index contributed by atoms with van der Waals surface area (Å²) in [6, 6.07) is 14.3. The van der Waals surface area contributed by atoms with Gasteiger partial charge in [-0.1, -0.05) is 18.2 Å². The molecule has 0 atom stereocenters. The van der Waals surface area contributed by atoms with Crippen LogP contribution in [0.1, 0.15) is 0 Å². The summed E-state index contributed by atoms with van der Waals surface area (Å²) in [4.78, 5) is 0. The Hall–Kier alpha value is -2.09. The van der Waals surface area contributed by atoms with Gasteiger partial charge in [-0.25, -0.2) is 0 Å². The van der Waals surface area contributed by atoms with Crippen molar-refractivity contribution in [3.8, 4) is 11.5 Å². The Labute approximate surface area is 93.8 Å². The Morgan fingerprint density at radius 2 is 1.88 bits per heavy atom. The fourth-order valence-electron chi connectivity index (χ4n) is 2.03. The van der Waals surface area contributed by atoms with Crippen LogP contribution in [0.2, 0.25) is 0 Å². The summed E-state index contributed by atoms with van der Waals surface area (Å²) in [6.45, 7) is 0. The molecular formula is C14H12NO+. The average molecular weight is 210 g/mol. The van der Waals surface area contributed by atoms with E-state index in [0.29, 0.717) is 0 Å². The van der Waals surface area contributed by atoms with Gasteiger partial charge in [-0.2, -0.15) is 4.57 Å². The summed E-state index contributed by atoms with van der Waals surface area (Å²) >= 11 is 0. The van der Waals surface area contributed by atoms with Gasteiger partial charge in [-0.15, -0.1) is 0 Å². The van der Waals surface area contributed by atoms with Crippen LogP contribution in [0.15, 0.2) is 59.3 Å². The van der Waals surface area contributed by atoms with E-state index in [1.165, 1.54) is 10.8 Å². The van der Waals surface area contributed by atoms with Crippen molar-refractivity contribution in [3.63, 3.8) is 0 Å². The Kier molecular flexibility index (Phi) is 2.00. The molecule has 0 aliphatic rings. The van der Waals surface area contributed by atoms with Crippen LogP contribution in [0.4, 0.5) is 0 Å². The van der Waals surface area contributed by atoms with Gasteiger partial charge < -0.3 is 4.42 Å². The number of rotatable bonds is 1. The quantitative estimate of drug-likeness (QED) is 0.564. The van der Waals surface area contributed by atoms with Gasteiger partial charge in [-0.3, -0.25) is 0 Å². The molecule has 78 valence electrons. The molecule has 0 fully saturated rings. The molecule has 16 heavy (non-hydrogen) atoms. The molecule has 0 N–H and O–H groups in total. The van der Waals surface area contributed by atoms with Crippen molar-refractivity contribution < 1.29 is 8.98 Å². The predicted molar refractivity (Wildman–Crippen MR) is 62.8 cm³/mol. The third-order valence-corrected chi connectivity index (χ3v) is 2.80. The minimum atomic E-state index is 0.902. The average Bonchev–Trinajstić information content (AvgIpc) is 2.82. The topological polar surface area (TPSA) is 17.0 Å². The van der Waals surface area contributed by atoms with Gasteiger partial charge in [0.2, 0.25) is 0 Å². The van der Waals surface area contributed by atoms with E-state index in [0.717, 1.165) is 11.5 Å². The van der Waals surface area contributed by atoms with Crippen molar-refractivity contribution in [2.45, 2.75) is 0 Å². The smallest absolute Gasteiger partial charge is 0.255 e. The Morgan fingerprint density at radius 1 is 1.00 bits per heavy atom. The van der Waals surface area contributed by atoms with Crippen molar-refractivity contribution in [2.24, 2.45) is 7.05 Å². The Bertz CT molecular complexity index is 626. The van der Waals surface area contributed by atoms with Crippen LogP contribution in [-0.4, -0.2) is 0 Å². The van der Waals surface area contributed by atoms with Crippen molar-refractivity contribution >= 4 is 10.8 Å². The lowest BCUT2D eigenvalue weighted by atomic mass is 10.1. The van der Waals surface area contributed by atoms with Gasteiger partial charge >= 0.3 is 0 Å². The number of aromatic nitrogens is 1. The van der Waals surface area contributed by atoms with Crippen LogP contribution in [0.3, 0.4) is 0 Å². The molecular weight excluding hydrogens is 198 g/mol. The number of pyridine rings is 1. The molecule has 0 bridgehead atoms. The molecule has 2 heteroatoms. The zero-order valence-electron chi connectivity index (χ0n) is 9.05. The highest BCUT2D eigenvalue weighted by molar-refractivity contribution is 5.91. The highest BCUT2D eigenvalue weighted by Gasteiger charge is 2.16. The van der Waals surface area contributed by atoms with E-state index >= 15 is 0 Å². The summed E-state index contributed by atoms with van der Waals surface area (Å²) in [7, 11) is 2.03. The number of furan rings is 1. The van der Waals surface area contributed by atoms with Crippen molar-refractivity contribution in [2.75, 3.05) is 0 Å². The molecule has 0 aliphatic heterocycles. The monoisotopic (exact) mass is 210 g/mol. The molecule has 0 spiro atoms. The maximum Gasteiger partial charge on any atom is 0.255 e. The molecule has 0 saturated heterocycles. The molecule has 1 aromatic carbocycles. The number of nitrogens with zero attached hydrogens (tertiary/aromatic N) is 1. The van der Waals surface area contributed by atoms with Gasteiger partial charge in [0.15, 0.2) is 12.0 Å². The van der Waals surface area contributed by atoms with Crippen molar-refractivity contribution in [3.05, 3.63) is 54.9 Å². The van der Waals surface area contributed by atoms with Crippen LogP contribution >= 0.6 is 0 Å². The third kappa shape index (κ3) is 1.31. The van der Waals surface area contributed by atoms with E-state index in [-0.39, 0.29) is 0 Å². The third-order valence-electron chi connectivity index (χ3n) is 2.80. The van der Waals surface area contributed by atoms with E-state index in [4.69, 9.17) is 4.42 Å². The van der Waals surface area contributed by atoms with Crippen LogP contribution in [-0.2, 0) is 7.05 Å². The van der Waals surface area contributed by atoms with Crippen LogP contribution < -0.4 is 4.57 Å². The molecule has 0 saturated carbocycles. The minimum Gasteiger partial charge on any atom is -0.458 e. The second-order valence-electron chi connectivity index (χ2n) is 3.84. The zero-order chi connectivity index (χ0) is 11.0. The number of hydrogen-bond donors (Lipinski definition) is 0. The first-order valence-corrected chi connectivity index (χ1v) is 5.27. The van der Waals surface area contributed by atoms with Gasteiger partial charge in [0.25, 0.3) is 5.69 Å². The second kappa shape index (κ2) is 3.49. The first-order valence-electron chi connectivity index (χ1n) is 5.27. The van der Waals surface area contributed by atoms with Gasteiger partial charge in [-0.05, 0) is 23.6 Å². The first kappa shape index (κ1) is 9.16. The van der Waals surface area contributed by atoms with E-state index in [9.17, 15) is 0 Å². The number of aryl methyl sites for hydroxylation is 1. The Balaban J connectivity index is 2.42. The molecule has 2 aromatic heterocycles. The number of hydrogen-bond acceptors (Lipinski definition) is 1. The molecule has 3 rings (SSSR count). The fourth-order valence-corrected chi connectivity index (χ4v) is 2.03. The molecule has 0 unspecified atom stereocenters. The summed E-state index contributed by atoms with van der Waals surface area (Å²) < 4.78 is 7.57.